The molecule has 1 amide bonds. The van der Waals surface area contributed by atoms with Crippen molar-refractivity contribution in [2.75, 3.05) is 13.1 Å². The van der Waals surface area contributed by atoms with Crippen LogP contribution in [0.25, 0.3) is 0 Å². The van der Waals surface area contributed by atoms with E-state index in [1.54, 1.807) is 12.4 Å². The highest BCUT2D eigenvalue weighted by Crippen LogP contribution is 2.40. The molecule has 0 radical (unpaired) electrons. The molecule has 1 aliphatic carbocycles. The van der Waals surface area contributed by atoms with Gasteiger partial charge in [-0.1, -0.05) is 0 Å². The van der Waals surface area contributed by atoms with Gasteiger partial charge in [0.05, 0.1) is 5.56 Å². The summed E-state index contributed by atoms with van der Waals surface area (Å²) in [6.45, 7) is 6.75. The van der Waals surface area contributed by atoms with Crippen LogP contribution >= 0.6 is 0 Å². The number of rotatable bonds is 4. The fraction of sp³-hybridized carbons (Fsp3) is 0.526. The minimum absolute atomic E-state index is 0.118. The van der Waals surface area contributed by atoms with Crippen molar-refractivity contribution in [3.05, 3.63) is 47.3 Å². The summed E-state index contributed by atoms with van der Waals surface area (Å²) in [7, 11) is 0. The lowest BCUT2D eigenvalue weighted by Crippen LogP contribution is -2.30. The van der Waals surface area contributed by atoms with E-state index in [1.165, 1.54) is 24.4 Å². The molecule has 0 aromatic carbocycles. The van der Waals surface area contributed by atoms with Crippen LogP contribution in [0.4, 0.5) is 0 Å². The van der Waals surface area contributed by atoms with Gasteiger partial charge in [-0.2, -0.15) is 0 Å². The average Bonchev–Trinajstić information content (AvgIpc) is 3.21. The molecular weight excluding hydrogens is 300 g/mol. The van der Waals surface area contributed by atoms with E-state index in [2.05, 4.69) is 21.5 Å². The Bertz CT molecular complexity index is 762. The van der Waals surface area contributed by atoms with Gasteiger partial charge in [0.25, 0.3) is 5.91 Å². The number of carbonyl (C=O) groups excluding carboxylic acids is 1. The molecule has 2 aromatic heterocycles. The first kappa shape index (κ1) is 15.4. The molecule has 3 heterocycles. The van der Waals surface area contributed by atoms with Crippen molar-refractivity contribution in [2.45, 2.75) is 45.6 Å². The monoisotopic (exact) mass is 324 g/mol. The molecule has 126 valence electrons. The van der Waals surface area contributed by atoms with Gasteiger partial charge in [0.2, 0.25) is 0 Å². The molecule has 5 nitrogen and oxygen atoms in total. The highest BCUT2D eigenvalue weighted by Gasteiger charge is 2.32. The van der Waals surface area contributed by atoms with Crippen LogP contribution in [0.2, 0.25) is 0 Å². The summed E-state index contributed by atoms with van der Waals surface area (Å²) in [6.07, 6.45) is 9.02. The van der Waals surface area contributed by atoms with E-state index in [0.29, 0.717) is 11.8 Å². The van der Waals surface area contributed by atoms with Crippen LogP contribution in [0.3, 0.4) is 0 Å². The molecular formula is C19H24N4O. The molecule has 2 fully saturated rings. The molecule has 24 heavy (non-hydrogen) atoms. The second kappa shape index (κ2) is 6.04. The van der Waals surface area contributed by atoms with E-state index < -0.39 is 0 Å². The van der Waals surface area contributed by atoms with Gasteiger partial charge in [-0.25, -0.2) is 4.98 Å². The summed E-state index contributed by atoms with van der Waals surface area (Å²) < 4.78 is 2.38. The van der Waals surface area contributed by atoms with Crippen LogP contribution in [-0.4, -0.2) is 38.4 Å². The molecule has 5 heteroatoms. The highest BCUT2D eigenvalue weighted by molar-refractivity contribution is 5.95. The smallest absolute Gasteiger partial charge is 0.255 e. The topological polar surface area (TPSA) is 51.0 Å². The fourth-order valence-corrected chi connectivity index (χ4v) is 3.67. The SMILES string of the molecule is Cc1ccncc1C(=O)N1CCC(Cn2c(C)cnc2C2CC2)C1. The van der Waals surface area contributed by atoms with Gasteiger partial charge in [-0.05, 0) is 50.7 Å². The molecule has 1 saturated carbocycles. The van der Waals surface area contributed by atoms with E-state index in [9.17, 15) is 4.79 Å². The van der Waals surface area contributed by atoms with Crippen molar-refractivity contribution in [3.63, 3.8) is 0 Å². The summed E-state index contributed by atoms with van der Waals surface area (Å²) in [5.74, 6) is 2.54. The van der Waals surface area contributed by atoms with E-state index in [4.69, 9.17) is 0 Å². The van der Waals surface area contributed by atoms with Gasteiger partial charge < -0.3 is 9.47 Å². The molecule has 0 spiro atoms. The predicted molar refractivity (Wildman–Crippen MR) is 91.9 cm³/mol. The first-order chi connectivity index (χ1) is 11.6. The maximum atomic E-state index is 12.7. The van der Waals surface area contributed by atoms with Gasteiger partial charge in [-0.3, -0.25) is 9.78 Å². The van der Waals surface area contributed by atoms with Crippen molar-refractivity contribution in [2.24, 2.45) is 5.92 Å². The van der Waals surface area contributed by atoms with Crippen LogP contribution in [0.1, 0.15) is 52.6 Å². The second-order valence-electron chi connectivity index (χ2n) is 7.24. The third kappa shape index (κ3) is 2.83. The maximum absolute atomic E-state index is 12.7. The number of likely N-dealkylation sites (tertiary alicyclic amines) is 1. The largest absolute Gasteiger partial charge is 0.338 e. The number of nitrogens with zero attached hydrogens (tertiary/aromatic N) is 4. The number of aromatic nitrogens is 3. The molecule has 1 atom stereocenters. The second-order valence-corrected chi connectivity index (χ2v) is 7.24. The summed E-state index contributed by atoms with van der Waals surface area (Å²) in [6, 6.07) is 1.90. The zero-order chi connectivity index (χ0) is 16.7. The lowest BCUT2D eigenvalue weighted by atomic mass is 10.1. The summed E-state index contributed by atoms with van der Waals surface area (Å²) in [4.78, 5) is 23.4. The third-order valence-electron chi connectivity index (χ3n) is 5.31. The van der Waals surface area contributed by atoms with E-state index in [-0.39, 0.29) is 5.91 Å². The summed E-state index contributed by atoms with van der Waals surface area (Å²) >= 11 is 0. The van der Waals surface area contributed by atoms with Crippen molar-refractivity contribution < 1.29 is 4.79 Å². The standard InChI is InChI=1S/C19H24N4O/c1-13-5-7-20-10-17(13)19(24)22-8-6-15(11-22)12-23-14(2)9-21-18(23)16-3-4-16/h5,7,9-10,15-16H,3-4,6,8,11-12H2,1-2H3. The molecule has 1 saturated heterocycles. The van der Waals surface area contributed by atoms with Gasteiger partial charge in [0, 0.05) is 49.8 Å². The Morgan fingerprint density at radius 1 is 1.25 bits per heavy atom. The fourth-order valence-electron chi connectivity index (χ4n) is 3.67. The normalized spacial score (nSPS) is 20.6. The highest BCUT2D eigenvalue weighted by atomic mass is 16.2. The molecule has 0 N–H and O–H groups in total. The van der Waals surface area contributed by atoms with Crippen molar-refractivity contribution >= 4 is 5.91 Å². The van der Waals surface area contributed by atoms with Crippen molar-refractivity contribution in [1.29, 1.82) is 0 Å². The van der Waals surface area contributed by atoms with Crippen molar-refractivity contribution in [3.8, 4) is 0 Å². The lowest BCUT2D eigenvalue weighted by molar-refractivity contribution is 0.0784. The van der Waals surface area contributed by atoms with Crippen LogP contribution in [0.15, 0.2) is 24.7 Å². The van der Waals surface area contributed by atoms with E-state index in [1.807, 2.05) is 24.1 Å². The van der Waals surface area contributed by atoms with Gasteiger partial charge in [0.15, 0.2) is 0 Å². The Kier molecular flexibility index (Phi) is 3.87. The van der Waals surface area contributed by atoms with Gasteiger partial charge in [0.1, 0.15) is 5.82 Å². The number of carbonyl (C=O) groups is 1. The first-order valence-electron chi connectivity index (χ1n) is 8.85. The summed E-state index contributed by atoms with van der Waals surface area (Å²) in [5.41, 5.74) is 2.97. The van der Waals surface area contributed by atoms with E-state index in [0.717, 1.165) is 37.2 Å². The number of amides is 1. The van der Waals surface area contributed by atoms with Crippen LogP contribution < -0.4 is 0 Å². The van der Waals surface area contributed by atoms with Crippen LogP contribution in [-0.2, 0) is 6.54 Å². The molecule has 2 aliphatic rings. The Hall–Kier alpha value is -2.17. The van der Waals surface area contributed by atoms with Crippen LogP contribution in [0, 0.1) is 19.8 Å². The Labute approximate surface area is 142 Å². The number of aryl methyl sites for hydroxylation is 2. The Morgan fingerprint density at radius 3 is 2.83 bits per heavy atom. The zero-order valence-electron chi connectivity index (χ0n) is 14.4. The number of imidazole rings is 1. The quantitative estimate of drug-likeness (QED) is 0.869. The maximum Gasteiger partial charge on any atom is 0.255 e. The Balaban J connectivity index is 1.45. The van der Waals surface area contributed by atoms with E-state index >= 15 is 0 Å². The number of hydrogen-bond acceptors (Lipinski definition) is 3. The molecule has 1 unspecified atom stereocenters. The number of hydrogen-bond donors (Lipinski definition) is 0. The summed E-state index contributed by atoms with van der Waals surface area (Å²) in [5, 5.41) is 0. The van der Waals surface area contributed by atoms with Gasteiger partial charge >= 0.3 is 0 Å². The average molecular weight is 324 g/mol. The molecule has 0 bridgehead atoms. The first-order valence-corrected chi connectivity index (χ1v) is 8.85. The molecule has 1 aliphatic heterocycles. The van der Waals surface area contributed by atoms with Gasteiger partial charge in [-0.15, -0.1) is 0 Å². The zero-order valence-corrected chi connectivity index (χ0v) is 14.4. The predicted octanol–water partition coefficient (Wildman–Crippen LogP) is 2.93. The number of pyridine rings is 1. The lowest BCUT2D eigenvalue weighted by Gasteiger charge is -2.19. The van der Waals surface area contributed by atoms with Crippen molar-refractivity contribution in [1.82, 2.24) is 19.4 Å². The minimum Gasteiger partial charge on any atom is -0.338 e. The van der Waals surface area contributed by atoms with Crippen LogP contribution in [0.5, 0.6) is 0 Å². The molecule has 2 aromatic rings. The minimum atomic E-state index is 0.118. The molecule has 4 rings (SSSR count). The third-order valence-corrected chi connectivity index (χ3v) is 5.31. The Morgan fingerprint density at radius 2 is 2.08 bits per heavy atom.